The van der Waals surface area contributed by atoms with Crippen molar-refractivity contribution in [3.63, 3.8) is 0 Å². The first kappa shape index (κ1) is 15.0. The fourth-order valence-electron chi connectivity index (χ4n) is 3.42. The Labute approximate surface area is 138 Å². The lowest BCUT2D eigenvalue weighted by Gasteiger charge is -2.09. The number of carbonyl (C=O) groups is 1. The van der Waals surface area contributed by atoms with E-state index in [0.29, 0.717) is 17.5 Å². The Morgan fingerprint density at radius 3 is 2.75 bits per heavy atom. The molecule has 0 saturated carbocycles. The zero-order chi connectivity index (χ0) is 16.9. The van der Waals surface area contributed by atoms with Crippen LogP contribution in [-0.4, -0.2) is 30.8 Å². The highest BCUT2D eigenvalue weighted by atomic mass is 32.2. The molecule has 1 atom stereocenters. The van der Waals surface area contributed by atoms with Crippen LogP contribution in [0.1, 0.15) is 28.3 Å². The van der Waals surface area contributed by atoms with Gasteiger partial charge in [-0.15, -0.1) is 0 Å². The van der Waals surface area contributed by atoms with Gasteiger partial charge in [-0.1, -0.05) is 0 Å². The van der Waals surface area contributed by atoms with Crippen molar-refractivity contribution in [1.29, 1.82) is 0 Å². The van der Waals surface area contributed by atoms with E-state index >= 15 is 0 Å². The average Bonchev–Trinajstić information content (AvgIpc) is 3.24. The minimum absolute atomic E-state index is 0.0657. The molecule has 1 aliphatic rings. The molecular weight excluding hydrogens is 328 g/mol. The van der Waals surface area contributed by atoms with E-state index in [4.69, 9.17) is 10.2 Å². The fourth-order valence-corrected chi connectivity index (χ4v) is 5.19. The first-order valence-corrected chi connectivity index (χ1v) is 9.44. The lowest BCUT2D eigenvalue weighted by atomic mass is 9.94. The molecule has 1 amide bonds. The van der Waals surface area contributed by atoms with E-state index in [1.165, 1.54) is 0 Å². The maximum Gasteiger partial charge on any atom is 0.250 e. The number of hydrogen-bond donors (Lipinski definition) is 2. The molecule has 124 valence electrons. The van der Waals surface area contributed by atoms with Crippen LogP contribution in [0.15, 0.2) is 41.3 Å². The number of aromatic amines is 1. The molecule has 1 aliphatic heterocycles. The first-order chi connectivity index (χ1) is 11.4. The number of nitrogens with one attached hydrogen (secondary N) is 1. The summed E-state index contributed by atoms with van der Waals surface area (Å²) in [6, 6.07) is 5.48. The molecule has 3 aromatic rings. The van der Waals surface area contributed by atoms with Crippen molar-refractivity contribution >= 4 is 26.6 Å². The van der Waals surface area contributed by atoms with Gasteiger partial charge in [-0.3, -0.25) is 4.79 Å². The summed E-state index contributed by atoms with van der Waals surface area (Å²) in [5.74, 6) is -0.252. The highest BCUT2D eigenvalue weighted by molar-refractivity contribution is 7.91. The molecule has 6 nitrogen and oxygen atoms in total. The number of rotatable bonds is 3. The smallest absolute Gasteiger partial charge is 0.250 e. The van der Waals surface area contributed by atoms with E-state index in [2.05, 4.69) is 4.98 Å². The third-order valence-corrected chi connectivity index (χ3v) is 6.38. The average molecular weight is 344 g/mol. The molecule has 4 rings (SSSR count). The van der Waals surface area contributed by atoms with E-state index in [-0.39, 0.29) is 17.4 Å². The summed E-state index contributed by atoms with van der Waals surface area (Å²) in [5, 5.41) is 0.838. The molecule has 1 saturated heterocycles. The predicted octanol–water partition coefficient (Wildman–Crippen LogP) is 2.43. The molecular formula is C17H16N2O4S. The zero-order valence-electron chi connectivity index (χ0n) is 12.8. The van der Waals surface area contributed by atoms with Gasteiger partial charge in [0.1, 0.15) is 0 Å². The highest BCUT2D eigenvalue weighted by Gasteiger charge is 2.31. The first-order valence-electron chi connectivity index (χ1n) is 7.62. The number of furan rings is 1. The molecule has 3 heterocycles. The standard InChI is InChI=1S/C17H16N2O4S/c18-17(20)14-6-12(10-1-3-23-8-10)5-13-15(7-19-16(13)14)11-2-4-24(21,22)9-11/h1,3,5-8,11,19H,2,4,9H2,(H2,18,20). The van der Waals surface area contributed by atoms with E-state index in [0.717, 1.165) is 22.1 Å². The summed E-state index contributed by atoms with van der Waals surface area (Å²) in [6.07, 6.45) is 5.54. The molecule has 0 bridgehead atoms. The van der Waals surface area contributed by atoms with Crippen molar-refractivity contribution in [2.45, 2.75) is 12.3 Å². The van der Waals surface area contributed by atoms with E-state index in [1.807, 2.05) is 6.07 Å². The van der Waals surface area contributed by atoms with Gasteiger partial charge in [0.25, 0.3) is 5.91 Å². The molecule has 1 aromatic carbocycles. The van der Waals surface area contributed by atoms with Gasteiger partial charge in [-0.05, 0) is 35.7 Å². The maximum atomic E-state index is 11.9. The zero-order valence-corrected chi connectivity index (χ0v) is 13.6. The Morgan fingerprint density at radius 2 is 2.12 bits per heavy atom. The van der Waals surface area contributed by atoms with Gasteiger partial charge in [0, 0.05) is 23.1 Å². The van der Waals surface area contributed by atoms with Crippen molar-refractivity contribution in [3.8, 4) is 11.1 Å². The van der Waals surface area contributed by atoms with Crippen LogP contribution in [0.2, 0.25) is 0 Å². The molecule has 24 heavy (non-hydrogen) atoms. The van der Waals surface area contributed by atoms with Gasteiger partial charge in [0.15, 0.2) is 9.84 Å². The van der Waals surface area contributed by atoms with Crippen molar-refractivity contribution in [2.24, 2.45) is 5.73 Å². The molecule has 1 unspecified atom stereocenters. The van der Waals surface area contributed by atoms with Crippen molar-refractivity contribution in [3.05, 3.63) is 48.0 Å². The fraction of sp³-hybridized carbons (Fsp3) is 0.235. The van der Waals surface area contributed by atoms with Crippen molar-refractivity contribution in [2.75, 3.05) is 11.5 Å². The lowest BCUT2D eigenvalue weighted by Crippen LogP contribution is -2.11. The topological polar surface area (TPSA) is 106 Å². The number of primary amides is 1. The Morgan fingerprint density at radius 1 is 1.29 bits per heavy atom. The Kier molecular flexibility index (Phi) is 3.28. The number of fused-ring (bicyclic) bond motifs is 1. The summed E-state index contributed by atoms with van der Waals surface area (Å²) in [5.41, 5.74) is 9.13. The van der Waals surface area contributed by atoms with Crippen LogP contribution < -0.4 is 5.73 Å². The van der Waals surface area contributed by atoms with Gasteiger partial charge in [-0.25, -0.2) is 8.42 Å². The number of amides is 1. The highest BCUT2D eigenvalue weighted by Crippen LogP contribution is 2.37. The molecule has 0 spiro atoms. The third kappa shape index (κ3) is 2.41. The molecule has 0 radical (unpaired) electrons. The quantitative estimate of drug-likeness (QED) is 0.761. The minimum Gasteiger partial charge on any atom is -0.472 e. The normalized spacial score (nSPS) is 19.8. The van der Waals surface area contributed by atoms with Crippen molar-refractivity contribution in [1.82, 2.24) is 4.98 Å². The number of carbonyl (C=O) groups excluding carboxylic acids is 1. The predicted molar refractivity (Wildman–Crippen MR) is 90.5 cm³/mol. The van der Waals surface area contributed by atoms with Crippen molar-refractivity contribution < 1.29 is 17.6 Å². The number of sulfone groups is 1. The van der Waals surface area contributed by atoms with E-state index < -0.39 is 15.7 Å². The van der Waals surface area contributed by atoms with Crippen LogP contribution in [0.25, 0.3) is 22.0 Å². The molecule has 1 fully saturated rings. The largest absolute Gasteiger partial charge is 0.472 e. The van der Waals surface area contributed by atoms with Crippen LogP contribution in [-0.2, 0) is 9.84 Å². The van der Waals surface area contributed by atoms with Gasteiger partial charge < -0.3 is 15.1 Å². The van der Waals surface area contributed by atoms with Gasteiger partial charge in [0.2, 0.25) is 0 Å². The number of H-pyrrole nitrogens is 1. The molecule has 7 heteroatoms. The summed E-state index contributed by atoms with van der Waals surface area (Å²) in [4.78, 5) is 14.9. The summed E-state index contributed by atoms with van der Waals surface area (Å²) in [7, 11) is -2.99. The van der Waals surface area contributed by atoms with Gasteiger partial charge in [-0.2, -0.15) is 0 Å². The molecule has 2 aromatic heterocycles. The van der Waals surface area contributed by atoms with E-state index in [1.54, 1.807) is 30.9 Å². The lowest BCUT2D eigenvalue weighted by molar-refractivity contribution is 0.100. The molecule has 0 aliphatic carbocycles. The number of hydrogen-bond acceptors (Lipinski definition) is 4. The molecule has 3 N–H and O–H groups in total. The second-order valence-corrected chi connectivity index (χ2v) is 8.40. The van der Waals surface area contributed by atoms with Crippen LogP contribution in [0.5, 0.6) is 0 Å². The van der Waals surface area contributed by atoms with Crippen LogP contribution in [0, 0.1) is 0 Å². The van der Waals surface area contributed by atoms with E-state index in [9.17, 15) is 13.2 Å². The number of aromatic nitrogens is 1. The summed E-state index contributed by atoms with van der Waals surface area (Å²) < 4.78 is 28.7. The summed E-state index contributed by atoms with van der Waals surface area (Å²) in [6.45, 7) is 0. The SMILES string of the molecule is NC(=O)c1cc(-c2ccoc2)cc2c(C3CCS(=O)(=O)C3)c[nH]c12. The Hall–Kier alpha value is -2.54. The summed E-state index contributed by atoms with van der Waals surface area (Å²) >= 11 is 0. The van der Waals surface area contributed by atoms with Gasteiger partial charge in [0.05, 0.1) is 35.1 Å². The minimum atomic E-state index is -2.99. The second kappa shape index (κ2) is 5.24. The van der Waals surface area contributed by atoms with Crippen LogP contribution in [0.4, 0.5) is 0 Å². The number of benzene rings is 1. The van der Waals surface area contributed by atoms with Crippen LogP contribution in [0.3, 0.4) is 0 Å². The van der Waals surface area contributed by atoms with Crippen LogP contribution >= 0.6 is 0 Å². The maximum absolute atomic E-state index is 11.9. The second-order valence-electron chi connectivity index (χ2n) is 6.17. The monoisotopic (exact) mass is 344 g/mol. The third-order valence-electron chi connectivity index (χ3n) is 4.61. The van der Waals surface area contributed by atoms with Gasteiger partial charge >= 0.3 is 0 Å². The Bertz CT molecular complexity index is 1030. The Balaban J connectivity index is 1.92. The number of nitrogens with two attached hydrogens (primary N) is 1.